The maximum Gasteiger partial charge on any atom is 0.271 e. The summed E-state index contributed by atoms with van der Waals surface area (Å²) in [5, 5.41) is 13.3. The van der Waals surface area contributed by atoms with Gasteiger partial charge in [0.25, 0.3) is 5.91 Å². The molecule has 0 bridgehead atoms. The van der Waals surface area contributed by atoms with Crippen LogP contribution in [-0.4, -0.2) is 17.2 Å². The van der Waals surface area contributed by atoms with E-state index in [2.05, 4.69) is 26.5 Å². The van der Waals surface area contributed by atoms with Crippen molar-refractivity contribution in [3.63, 3.8) is 0 Å². The van der Waals surface area contributed by atoms with Crippen molar-refractivity contribution in [2.75, 3.05) is 0 Å². The molecule has 2 rings (SSSR count). The van der Waals surface area contributed by atoms with E-state index in [4.69, 9.17) is 0 Å². The molecule has 0 heterocycles. The third-order valence-electron chi connectivity index (χ3n) is 2.67. The molecule has 0 spiro atoms. The van der Waals surface area contributed by atoms with Gasteiger partial charge in [0.15, 0.2) is 0 Å². The van der Waals surface area contributed by atoms with Crippen LogP contribution >= 0.6 is 15.9 Å². The van der Waals surface area contributed by atoms with Gasteiger partial charge in [-0.2, -0.15) is 5.10 Å². The van der Waals surface area contributed by atoms with Crippen molar-refractivity contribution < 1.29 is 9.90 Å². The maximum absolute atomic E-state index is 11.8. The minimum atomic E-state index is -0.265. The van der Waals surface area contributed by atoms with Crippen LogP contribution in [0.4, 0.5) is 0 Å². The van der Waals surface area contributed by atoms with E-state index in [1.807, 2.05) is 19.1 Å². The Kier molecular flexibility index (Phi) is 4.53. The summed E-state index contributed by atoms with van der Waals surface area (Å²) in [7, 11) is 0. The number of amides is 1. The molecule has 0 atom stereocenters. The van der Waals surface area contributed by atoms with E-state index in [-0.39, 0.29) is 11.7 Å². The highest BCUT2D eigenvalue weighted by molar-refractivity contribution is 9.10. The van der Waals surface area contributed by atoms with Crippen LogP contribution in [0.1, 0.15) is 21.5 Å². The summed E-state index contributed by atoms with van der Waals surface area (Å²) in [4.78, 5) is 11.8. The molecule has 5 heteroatoms. The number of nitrogens with one attached hydrogen (secondary N) is 1. The van der Waals surface area contributed by atoms with E-state index < -0.39 is 0 Å². The van der Waals surface area contributed by atoms with Crippen molar-refractivity contribution in [3.05, 3.63) is 63.6 Å². The third-order valence-corrected chi connectivity index (χ3v) is 3.30. The molecular weight excluding hydrogens is 320 g/mol. The van der Waals surface area contributed by atoms with Crippen LogP contribution in [0, 0.1) is 6.92 Å². The molecule has 0 saturated heterocycles. The number of aromatic hydroxyl groups is 1. The van der Waals surface area contributed by atoms with E-state index in [9.17, 15) is 9.90 Å². The van der Waals surface area contributed by atoms with Gasteiger partial charge in [-0.25, -0.2) is 5.43 Å². The number of hydrazone groups is 1. The first-order valence-corrected chi connectivity index (χ1v) is 6.74. The molecule has 1 amide bonds. The van der Waals surface area contributed by atoms with Crippen molar-refractivity contribution in [1.82, 2.24) is 5.43 Å². The molecule has 2 N–H and O–H groups in total. The van der Waals surface area contributed by atoms with Crippen LogP contribution in [-0.2, 0) is 0 Å². The summed E-state index contributed by atoms with van der Waals surface area (Å²) >= 11 is 3.21. The van der Waals surface area contributed by atoms with Gasteiger partial charge < -0.3 is 5.11 Å². The number of hydrogen-bond donors (Lipinski definition) is 2. The highest BCUT2D eigenvalue weighted by Crippen LogP contribution is 2.23. The Hall–Kier alpha value is -2.14. The number of rotatable bonds is 3. The van der Waals surface area contributed by atoms with Crippen molar-refractivity contribution in [3.8, 4) is 5.75 Å². The first kappa shape index (κ1) is 14.3. The fourth-order valence-corrected chi connectivity index (χ4v) is 1.93. The van der Waals surface area contributed by atoms with Crippen LogP contribution in [0.3, 0.4) is 0 Å². The molecule has 102 valence electrons. The second kappa shape index (κ2) is 6.34. The maximum atomic E-state index is 11.8. The predicted octanol–water partition coefficient (Wildman–Crippen LogP) is 3.23. The predicted molar refractivity (Wildman–Crippen MR) is 82.0 cm³/mol. The van der Waals surface area contributed by atoms with Gasteiger partial charge >= 0.3 is 0 Å². The Morgan fingerprint density at radius 1 is 1.25 bits per heavy atom. The van der Waals surface area contributed by atoms with Gasteiger partial charge in [-0.15, -0.1) is 0 Å². The SMILES string of the molecule is Cc1ccc(C(=O)N/N=C\c2ccc(O)c(Br)c2)cc1. The summed E-state index contributed by atoms with van der Waals surface area (Å²) in [6, 6.07) is 12.2. The van der Waals surface area contributed by atoms with E-state index in [0.717, 1.165) is 11.1 Å². The number of carbonyl (C=O) groups excluding carboxylic acids is 1. The lowest BCUT2D eigenvalue weighted by molar-refractivity contribution is 0.0955. The number of carbonyl (C=O) groups is 1. The first-order chi connectivity index (χ1) is 9.56. The van der Waals surface area contributed by atoms with Gasteiger partial charge in [0.2, 0.25) is 0 Å². The normalized spacial score (nSPS) is 10.7. The molecule has 0 saturated carbocycles. The van der Waals surface area contributed by atoms with Crippen LogP contribution < -0.4 is 5.43 Å². The summed E-state index contributed by atoms with van der Waals surface area (Å²) in [6.07, 6.45) is 1.51. The largest absolute Gasteiger partial charge is 0.507 e. The zero-order valence-corrected chi connectivity index (χ0v) is 12.4. The topological polar surface area (TPSA) is 61.7 Å². The number of phenols is 1. The minimum Gasteiger partial charge on any atom is -0.507 e. The Morgan fingerprint density at radius 2 is 1.95 bits per heavy atom. The molecule has 0 radical (unpaired) electrons. The van der Waals surface area contributed by atoms with Crippen LogP contribution in [0.5, 0.6) is 5.75 Å². The molecular formula is C15H13BrN2O2. The molecule has 0 aromatic heterocycles. The lowest BCUT2D eigenvalue weighted by atomic mass is 10.1. The average molecular weight is 333 g/mol. The molecule has 20 heavy (non-hydrogen) atoms. The number of nitrogens with zero attached hydrogens (tertiary/aromatic N) is 1. The lowest BCUT2D eigenvalue weighted by Crippen LogP contribution is -2.17. The number of halogens is 1. The zero-order chi connectivity index (χ0) is 14.5. The van der Waals surface area contributed by atoms with E-state index in [1.54, 1.807) is 30.3 Å². The van der Waals surface area contributed by atoms with Crippen LogP contribution in [0.2, 0.25) is 0 Å². The fourth-order valence-electron chi connectivity index (χ4n) is 1.54. The van der Waals surface area contributed by atoms with Crippen molar-refractivity contribution in [2.45, 2.75) is 6.92 Å². The summed E-state index contributed by atoms with van der Waals surface area (Å²) in [6.45, 7) is 1.96. The Labute approximate surface area is 125 Å². The molecule has 0 aliphatic rings. The smallest absolute Gasteiger partial charge is 0.271 e. The standard InChI is InChI=1S/C15H13BrN2O2/c1-10-2-5-12(6-3-10)15(20)18-17-9-11-4-7-14(19)13(16)8-11/h2-9,19H,1H3,(H,18,20)/b17-9-. The van der Waals surface area contributed by atoms with Crippen molar-refractivity contribution in [1.29, 1.82) is 0 Å². The zero-order valence-electron chi connectivity index (χ0n) is 10.8. The number of aryl methyl sites for hydroxylation is 1. The Balaban J connectivity index is 2.00. The number of hydrogen-bond acceptors (Lipinski definition) is 3. The molecule has 0 aliphatic heterocycles. The number of phenolic OH excluding ortho intramolecular Hbond substituents is 1. The first-order valence-electron chi connectivity index (χ1n) is 5.95. The monoisotopic (exact) mass is 332 g/mol. The van der Waals surface area contributed by atoms with E-state index >= 15 is 0 Å². The van der Waals surface area contributed by atoms with Gasteiger partial charge in [-0.05, 0) is 58.7 Å². The van der Waals surface area contributed by atoms with Gasteiger partial charge in [0.1, 0.15) is 5.75 Å². The van der Waals surface area contributed by atoms with Crippen molar-refractivity contribution in [2.24, 2.45) is 5.10 Å². The molecule has 0 unspecified atom stereocenters. The van der Waals surface area contributed by atoms with Gasteiger partial charge in [-0.1, -0.05) is 17.7 Å². The van der Waals surface area contributed by atoms with Gasteiger partial charge in [-0.3, -0.25) is 4.79 Å². The second-order valence-corrected chi connectivity index (χ2v) is 5.13. The number of benzene rings is 2. The van der Waals surface area contributed by atoms with E-state index in [1.165, 1.54) is 6.21 Å². The van der Waals surface area contributed by atoms with E-state index in [0.29, 0.717) is 10.0 Å². The third kappa shape index (κ3) is 3.68. The summed E-state index contributed by atoms with van der Waals surface area (Å²) in [5.41, 5.74) is 4.87. The molecule has 0 aliphatic carbocycles. The summed E-state index contributed by atoms with van der Waals surface area (Å²) < 4.78 is 0.575. The van der Waals surface area contributed by atoms with Crippen LogP contribution in [0.15, 0.2) is 52.0 Å². The minimum absolute atomic E-state index is 0.158. The van der Waals surface area contributed by atoms with Crippen molar-refractivity contribution >= 4 is 28.1 Å². The van der Waals surface area contributed by atoms with Gasteiger partial charge in [0, 0.05) is 5.56 Å². The van der Waals surface area contributed by atoms with Crippen LogP contribution in [0.25, 0.3) is 0 Å². The fraction of sp³-hybridized carbons (Fsp3) is 0.0667. The highest BCUT2D eigenvalue weighted by Gasteiger charge is 2.02. The Morgan fingerprint density at radius 3 is 2.60 bits per heavy atom. The molecule has 2 aromatic carbocycles. The quantitative estimate of drug-likeness (QED) is 0.669. The molecule has 2 aromatic rings. The Bertz CT molecular complexity index is 651. The van der Waals surface area contributed by atoms with Gasteiger partial charge in [0.05, 0.1) is 10.7 Å². The highest BCUT2D eigenvalue weighted by atomic mass is 79.9. The average Bonchev–Trinajstić information content (AvgIpc) is 2.43. The second-order valence-electron chi connectivity index (χ2n) is 4.28. The summed E-state index contributed by atoms with van der Waals surface area (Å²) in [5.74, 6) is -0.107. The lowest BCUT2D eigenvalue weighted by Gasteiger charge is -2.01. The molecule has 0 fully saturated rings. The molecule has 4 nitrogen and oxygen atoms in total.